The van der Waals surface area contributed by atoms with Crippen molar-refractivity contribution in [3.8, 4) is 0 Å². The molecule has 5 nitrogen and oxygen atoms in total. The van der Waals surface area contributed by atoms with E-state index in [1.54, 1.807) is 0 Å². The Kier molecular flexibility index (Phi) is 3.75. The molecule has 2 aliphatic rings. The molecule has 112 valence electrons. The van der Waals surface area contributed by atoms with Crippen molar-refractivity contribution in [2.24, 2.45) is 11.3 Å². The van der Waals surface area contributed by atoms with Gasteiger partial charge in [-0.15, -0.1) is 0 Å². The van der Waals surface area contributed by atoms with Crippen LogP contribution < -0.4 is 10.0 Å². The van der Waals surface area contributed by atoms with Crippen molar-refractivity contribution in [1.29, 1.82) is 0 Å². The van der Waals surface area contributed by atoms with Crippen LogP contribution in [0.25, 0.3) is 0 Å². The molecule has 0 amide bonds. The van der Waals surface area contributed by atoms with Crippen LogP contribution in [0, 0.1) is 11.3 Å². The molecular weight excluding hydrogens is 264 g/mol. The highest BCUT2D eigenvalue weighted by atomic mass is 32.2. The van der Waals surface area contributed by atoms with Crippen molar-refractivity contribution < 1.29 is 13.2 Å². The first-order valence-corrected chi connectivity index (χ1v) is 8.76. The van der Waals surface area contributed by atoms with Crippen molar-refractivity contribution in [2.45, 2.75) is 51.8 Å². The van der Waals surface area contributed by atoms with Gasteiger partial charge in [0.05, 0.1) is 12.4 Å². The summed E-state index contributed by atoms with van der Waals surface area (Å²) in [6.45, 7) is 9.70. The zero-order chi connectivity index (χ0) is 14.5. The molecule has 1 heterocycles. The van der Waals surface area contributed by atoms with Crippen LogP contribution >= 0.6 is 0 Å². The Bertz CT molecular complexity index is 445. The molecule has 1 saturated heterocycles. The summed E-state index contributed by atoms with van der Waals surface area (Å²) in [5.41, 5.74) is -0.351. The molecule has 1 saturated carbocycles. The molecule has 2 rings (SSSR count). The van der Waals surface area contributed by atoms with E-state index in [-0.39, 0.29) is 5.41 Å². The summed E-state index contributed by atoms with van der Waals surface area (Å²) in [4.78, 5) is 0. The van der Waals surface area contributed by atoms with Crippen LogP contribution in [-0.4, -0.2) is 45.5 Å². The lowest BCUT2D eigenvalue weighted by Crippen LogP contribution is -2.67. The van der Waals surface area contributed by atoms with Crippen LogP contribution in [0.3, 0.4) is 0 Å². The quantitative estimate of drug-likeness (QED) is 0.783. The summed E-state index contributed by atoms with van der Waals surface area (Å²) in [7, 11) is -3.18. The van der Waals surface area contributed by atoms with Gasteiger partial charge in [0.2, 0.25) is 10.0 Å². The smallest absolute Gasteiger partial charge is 0.209 e. The fraction of sp³-hybridized carbons (Fsp3) is 1.00. The molecule has 0 aromatic carbocycles. The maximum Gasteiger partial charge on any atom is 0.209 e. The van der Waals surface area contributed by atoms with E-state index in [2.05, 4.69) is 23.9 Å². The van der Waals surface area contributed by atoms with E-state index in [0.29, 0.717) is 24.6 Å². The third kappa shape index (κ3) is 3.12. The second kappa shape index (κ2) is 4.69. The molecule has 2 fully saturated rings. The lowest BCUT2D eigenvalue weighted by atomic mass is 9.57. The lowest BCUT2D eigenvalue weighted by Gasteiger charge is -2.55. The van der Waals surface area contributed by atoms with Gasteiger partial charge in [-0.05, 0) is 20.3 Å². The highest BCUT2D eigenvalue weighted by Crippen LogP contribution is 2.52. The van der Waals surface area contributed by atoms with Gasteiger partial charge in [-0.1, -0.05) is 13.8 Å². The minimum atomic E-state index is -3.18. The van der Waals surface area contributed by atoms with Crippen molar-refractivity contribution in [3.05, 3.63) is 0 Å². The Morgan fingerprint density at radius 1 is 1.37 bits per heavy atom. The van der Waals surface area contributed by atoms with Crippen molar-refractivity contribution >= 4 is 10.0 Å². The molecule has 0 aromatic heterocycles. The summed E-state index contributed by atoms with van der Waals surface area (Å²) in [5.74, 6) is 0.573. The molecule has 0 spiro atoms. The van der Waals surface area contributed by atoms with Crippen LogP contribution in [0.4, 0.5) is 0 Å². The van der Waals surface area contributed by atoms with Gasteiger partial charge in [-0.2, -0.15) is 0 Å². The van der Waals surface area contributed by atoms with E-state index in [0.717, 1.165) is 13.0 Å². The van der Waals surface area contributed by atoms with E-state index >= 15 is 0 Å². The zero-order valence-corrected chi connectivity index (χ0v) is 13.3. The van der Waals surface area contributed by atoms with Crippen molar-refractivity contribution in [3.63, 3.8) is 0 Å². The summed E-state index contributed by atoms with van der Waals surface area (Å²) < 4.78 is 31.1. The molecular formula is C13H26N2O3S. The Morgan fingerprint density at radius 2 is 2.00 bits per heavy atom. The highest BCUT2D eigenvalue weighted by molar-refractivity contribution is 7.88. The van der Waals surface area contributed by atoms with Crippen molar-refractivity contribution in [2.75, 3.05) is 19.4 Å². The highest BCUT2D eigenvalue weighted by Gasteiger charge is 2.59. The molecule has 1 aliphatic carbocycles. The molecule has 0 aromatic rings. The molecule has 3 atom stereocenters. The topological polar surface area (TPSA) is 67.4 Å². The van der Waals surface area contributed by atoms with Gasteiger partial charge in [0, 0.05) is 36.1 Å². The Balaban J connectivity index is 1.92. The van der Waals surface area contributed by atoms with Crippen LogP contribution in [-0.2, 0) is 14.8 Å². The van der Waals surface area contributed by atoms with Crippen LogP contribution in [0.1, 0.15) is 34.1 Å². The third-order valence-electron chi connectivity index (χ3n) is 4.33. The maximum absolute atomic E-state index is 11.3. The second-order valence-electron chi connectivity index (χ2n) is 7.18. The van der Waals surface area contributed by atoms with E-state index < -0.39 is 15.6 Å². The maximum atomic E-state index is 11.3. The fourth-order valence-corrected chi connectivity index (χ4v) is 4.72. The first-order chi connectivity index (χ1) is 8.53. The summed E-state index contributed by atoms with van der Waals surface area (Å²) in [5, 5.41) is 3.54. The Morgan fingerprint density at radius 3 is 2.58 bits per heavy atom. The van der Waals surface area contributed by atoms with Gasteiger partial charge >= 0.3 is 0 Å². The lowest BCUT2D eigenvalue weighted by molar-refractivity contribution is -0.113. The number of rotatable bonds is 5. The van der Waals surface area contributed by atoms with Gasteiger partial charge in [0.25, 0.3) is 0 Å². The largest absolute Gasteiger partial charge is 0.377 e. The minimum Gasteiger partial charge on any atom is -0.377 e. The third-order valence-corrected chi connectivity index (χ3v) is 5.25. The van der Waals surface area contributed by atoms with Gasteiger partial charge < -0.3 is 10.1 Å². The fourth-order valence-electron chi connectivity index (χ4n) is 3.64. The second-order valence-corrected chi connectivity index (χ2v) is 8.93. The van der Waals surface area contributed by atoms with Crippen LogP contribution in [0.5, 0.6) is 0 Å². The average molecular weight is 290 g/mol. The molecule has 6 heteroatoms. The number of ether oxygens (including phenoxy) is 1. The average Bonchev–Trinajstić information content (AvgIpc) is 2.59. The van der Waals surface area contributed by atoms with Gasteiger partial charge in [-0.3, -0.25) is 0 Å². The first kappa shape index (κ1) is 15.2. The van der Waals surface area contributed by atoms with E-state index in [1.165, 1.54) is 6.26 Å². The van der Waals surface area contributed by atoms with E-state index in [9.17, 15) is 8.42 Å². The first-order valence-electron chi connectivity index (χ1n) is 6.87. The molecule has 0 bridgehead atoms. The predicted molar refractivity (Wildman–Crippen MR) is 75.5 cm³/mol. The Hall–Kier alpha value is -0.170. The van der Waals surface area contributed by atoms with E-state index in [1.807, 2.05) is 13.8 Å². The zero-order valence-electron chi connectivity index (χ0n) is 12.5. The van der Waals surface area contributed by atoms with E-state index in [4.69, 9.17) is 4.74 Å². The standard InChI is InChI=1S/C13H26N2O3S/c1-12(2,15-19(5,16)17)8-14-10-9-6-7-18-11(9)13(10,3)4/h9-11,14-15H,6-8H2,1-5H3. The van der Waals surface area contributed by atoms with Crippen LogP contribution in [0.15, 0.2) is 0 Å². The summed E-state index contributed by atoms with van der Waals surface area (Å²) in [6.07, 6.45) is 2.66. The summed E-state index contributed by atoms with van der Waals surface area (Å²) >= 11 is 0. The molecule has 3 unspecified atom stereocenters. The van der Waals surface area contributed by atoms with Crippen LogP contribution in [0.2, 0.25) is 0 Å². The summed E-state index contributed by atoms with van der Waals surface area (Å²) in [6, 6.07) is 0.403. The SMILES string of the molecule is CC(C)(CNC1C2CCOC2C1(C)C)NS(C)(=O)=O. The Labute approximate surface area is 116 Å². The molecule has 2 N–H and O–H groups in total. The van der Waals surface area contributed by atoms with Gasteiger partial charge in [-0.25, -0.2) is 13.1 Å². The number of sulfonamides is 1. The monoisotopic (exact) mass is 290 g/mol. The molecule has 0 radical (unpaired) electrons. The number of hydrogen-bond acceptors (Lipinski definition) is 4. The van der Waals surface area contributed by atoms with Gasteiger partial charge in [0.1, 0.15) is 0 Å². The normalized spacial score (nSPS) is 33.8. The number of hydrogen-bond donors (Lipinski definition) is 2. The molecule has 1 aliphatic heterocycles. The number of nitrogens with one attached hydrogen (secondary N) is 2. The van der Waals surface area contributed by atoms with Gasteiger partial charge in [0.15, 0.2) is 0 Å². The predicted octanol–water partition coefficient (Wildman–Crippen LogP) is 0.717. The minimum absolute atomic E-state index is 0.127. The molecule has 19 heavy (non-hydrogen) atoms. The number of fused-ring (bicyclic) bond motifs is 1. The van der Waals surface area contributed by atoms with Crippen molar-refractivity contribution in [1.82, 2.24) is 10.0 Å².